The van der Waals surface area contributed by atoms with Gasteiger partial charge < -0.3 is 9.50 Å². The number of nitrogens with zero attached hydrogens (tertiary/aromatic N) is 1. The summed E-state index contributed by atoms with van der Waals surface area (Å²) in [6.45, 7) is 3.44. The van der Waals surface area contributed by atoms with E-state index in [1.165, 1.54) is 48.2 Å². The number of nitrogens with one attached hydrogen (secondary N) is 1. The van der Waals surface area contributed by atoms with E-state index < -0.39 is 21.3 Å². The lowest BCUT2D eigenvalue weighted by Gasteiger charge is -2.14. The number of thioether (sulfide) groups is 1. The van der Waals surface area contributed by atoms with Crippen LogP contribution in [0.15, 0.2) is 94.7 Å². The SMILES string of the molecule is CC(=O)Nc1ccc(S(=O)(=O)Oc2ccc3ccccc3c2/C=C2\SC(=O)N(Cc3ccc(C)cc3)C2=O)cc1. The molecule has 5 rings (SSSR count). The number of rotatable bonds is 7. The predicted molar refractivity (Wildman–Crippen MR) is 155 cm³/mol. The Morgan fingerprint density at radius 2 is 1.65 bits per heavy atom. The standard InChI is InChI=1S/C30H24N2O6S2/c1-19-7-9-21(10-8-19)18-32-29(34)28(39-30(32)35)17-26-25-6-4-3-5-22(25)11-16-27(26)38-40(36,37)24-14-12-23(13-15-24)31-20(2)33/h3-17H,18H2,1-2H3,(H,31,33)/b28-17-. The number of hydrogen-bond donors (Lipinski definition) is 1. The number of imide groups is 1. The van der Waals surface area contributed by atoms with Crippen molar-refractivity contribution >= 4 is 61.5 Å². The Kier molecular flexibility index (Phi) is 7.46. The molecule has 3 amide bonds. The summed E-state index contributed by atoms with van der Waals surface area (Å²) in [7, 11) is -4.27. The van der Waals surface area contributed by atoms with Gasteiger partial charge in [-0.15, -0.1) is 0 Å². The van der Waals surface area contributed by atoms with Crippen molar-refractivity contribution in [3.8, 4) is 5.75 Å². The summed E-state index contributed by atoms with van der Waals surface area (Å²) in [5, 5.41) is 3.63. The number of benzene rings is 4. The monoisotopic (exact) mass is 572 g/mol. The molecular weight excluding hydrogens is 548 g/mol. The van der Waals surface area contributed by atoms with Gasteiger partial charge in [-0.25, -0.2) is 0 Å². The van der Waals surface area contributed by atoms with E-state index in [0.717, 1.165) is 28.3 Å². The van der Waals surface area contributed by atoms with Gasteiger partial charge in [0.1, 0.15) is 4.90 Å². The van der Waals surface area contributed by atoms with E-state index in [-0.39, 0.29) is 28.0 Å². The highest BCUT2D eigenvalue weighted by Crippen LogP contribution is 2.38. The molecule has 1 fully saturated rings. The van der Waals surface area contributed by atoms with Crippen molar-refractivity contribution in [2.45, 2.75) is 25.3 Å². The van der Waals surface area contributed by atoms with Gasteiger partial charge in [-0.05, 0) is 71.4 Å². The van der Waals surface area contributed by atoms with Crippen LogP contribution in [0.4, 0.5) is 10.5 Å². The van der Waals surface area contributed by atoms with Crippen LogP contribution in [0.2, 0.25) is 0 Å². The molecule has 1 heterocycles. The summed E-state index contributed by atoms with van der Waals surface area (Å²) in [4.78, 5) is 38.6. The van der Waals surface area contributed by atoms with Crippen LogP contribution in [0.5, 0.6) is 5.75 Å². The fourth-order valence-corrected chi connectivity index (χ4v) is 5.98. The quantitative estimate of drug-likeness (QED) is 0.210. The van der Waals surface area contributed by atoms with Gasteiger partial charge in [0, 0.05) is 18.2 Å². The van der Waals surface area contributed by atoms with Gasteiger partial charge in [0.25, 0.3) is 11.1 Å². The van der Waals surface area contributed by atoms with Crippen molar-refractivity contribution in [3.05, 3.63) is 107 Å². The molecule has 40 heavy (non-hydrogen) atoms. The van der Waals surface area contributed by atoms with Gasteiger partial charge in [0.05, 0.1) is 11.4 Å². The molecule has 0 aliphatic carbocycles. The molecule has 10 heteroatoms. The maximum absolute atomic E-state index is 13.3. The lowest BCUT2D eigenvalue weighted by atomic mass is 10.0. The van der Waals surface area contributed by atoms with Crippen LogP contribution in [-0.2, 0) is 26.3 Å². The largest absolute Gasteiger partial charge is 0.378 e. The number of carbonyl (C=O) groups excluding carboxylic acids is 3. The van der Waals surface area contributed by atoms with Crippen molar-refractivity contribution in [1.82, 2.24) is 4.90 Å². The average Bonchev–Trinajstić information content (AvgIpc) is 3.18. The number of fused-ring (bicyclic) bond motifs is 1. The van der Waals surface area contributed by atoms with Gasteiger partial charge in [0.15, 0.2) is 5.75 Å². The first kappa shape index (κ1) is 27.2. The van der Waals surface area contributed by atoms with Crippen molar-refractivity contribution < 1.29 is 27.0 Å². The number of anilines is 1. The number of amides is 3. The van der Waals surface area contributed by atoms with Gasteiger partial charge >= 0.3 is 10.1 Å². The molecule has 1 N–H and O–H groups in total. The molecule has 0 radical (unpaired) electrons. The van der Waals surface area contributed by atoms with Crippen LogP contribution in [0.3, 0.4) is 0 Å². The Bertz CT molecular complexity index is 1780. The molecule has 1 aliphatic heterocycles. The molecule has 202 valence electrons. The van der Waals surface area contributed by atoms with Crippen molar-refractivity contribution in [3.63, 3.8) is 0 Å². The first-order chi connectivity index (χ1) is 19.1. The second-order valence-corrected chi connectivity index (χ2v) is 11.7. The lowest BCUT2D eigenvalue weighted by molar-refractivity contribution is -0.123. The average molecular weight is 573 g/mol. The minimum absolute atomic E-state index is 0.00923. The molecule has 0 saturated carbocycles. The lowest BCUT2D eigenvalue weighted by Crippen LogP contribution is -2.27. The van der Waals surface area contributed by atoms with Crippen LogP contribution < -0.4 is 9.50 Å². The molecule has 4 aromatic rings. The summed E-state index contributed by atoms with van der Waals surface area (Å²) in [6, 6.07) is 23.7. The smallest absolute Gasteiger partial charge is 0.339 e. The topological polar surface area (TPSA) is 110 Å². The fourth-order valence-electron chi connectivity index (χ4n) is 4.22. The minimum Gasteiger partial charge on any atom is -0.378 e. The summed E-state index contributed by atoms with van der Waals surface area (Å²) in [5.74, 6) is -0.739. The minimum atomic E-state index is -4.27. The normalized spacial score (nSPS) is 14.7. The van der Waals surface area contributed by atoms with Crippen LogP contribution >= 0.6 is 11.8 Å². The zero-order chi connectivity index (χ0) is 28.4. The van der Waals surface area contributed by atoms with Crippen LogP contribution in [0, 0.1) is 6.92 Å². The second kappa shape index (κ2) is 11.0. The van der Waals surface area contributed by atoms with Crippen molar-refractivity contribution in [2.24, 2.45) is 0 Å². The summed E-state index contributed by atoms with van der Waals surface area (Å²) < 4.78 is 32.0. The number of aryl methyl sites for hydroxylation is 1. The third-order valence-electron chi connectivity index (χ3n) is 6.20. The number of hydrogen-bond acceptors (Lipinski definition) is 7. The van der Waals surface area contributed by atoms with Crippen molar-refractivity contribution in [2.75, 3.05) is 5.32 Å². The summed E-state index contributed by atoms with van der Waals surface area (Å²) in [6.07, 6.45) is 1.51. The molecule has 1 saturated heterocycles. The Morgan fingerprint density at radius 1 is 0.950 bits per heavy atom. The van der Waals surface area contributed by atoms with E-state index in [9.17, 15) is 22.8 Å². The van der Waals surface area contributed by atoms with E-state index in [4.69, 9.17) is 4.18 Å². The van der Waals surface area contributed by atoms with Gasteiger partial charge in [-0.3, -0.25) is 19.3 Å². The van der Waals surface area contributed by atoms with Gasteiger partial charge in [-0.2, -0.15) is 8.42 Å². The maximum atomic E-state index is 13.3. The van der Waals surface area contributed by atoms with Gasteiger partial charge in [-0.1, -0.05) is 60.2 Å². The third kappa shape index (κ3) is 5.78. The highest BCUT2D eigenvalue weighted by molar-refractivity contribution is 8.18. The highest BCUT2D eigenvalue weighted by Gasteiger charge is 2.35. The first-order valence-electron chi connectivity index (χ1n) is 12.3. The zero-order valence-corrected chi connectivity index (χ0v) is 23.2. The van der Waals surface area contributed by atoms with E-state index in [1.807, 2.05) is 43.3 Å². The number of carbonyl (C=O) groups is 3. The predicted octanol–water partition coefficient (Wildman–Crippen LogP) is 6.11. The molecule has 1 aliphatic rings. The molecule has 4 aromatic carbocycles. The van der Waals surface area contributed by atoms with Gasteiger partial charge in [0.2, 0.25) is 5.91 Å². The summed E-state index contributed by atoms with van der Waals surface area (Å²) in [5.41, 5.74) is 2.69. The third-order valence-corrected chi connectivity index (χ3v) is 8.36. The van der Waals surface area contributed by atoms with Crippen LogP contribution in [-0.4, -0.2) is 30.4 Å². The maximum Gasteiger partial charge on any atom is 0.339 e. The Hall–Kier alpha value is -4.41. The fraction of sp³-hybridized carbons (Fsp3) is 0.100. The molecule has 0 aromatic heterocycles. The zero-order valence-electron chi connectivity index (χ0n) is 21.6. The Balaban J connectivity index is 1.49. The van der Waals surface area contributed by atoms with Crippen LogP contribution in [0.1, 0.15) is 23.6 Å². The molecular formula is C30H24N2O6S2. The van der Waals surface area contributed by atoms with E-state index in [0.29, 0.717) is 16.6 Å². The Morgan fingerprint density at radius 3 is 2.35 bits per heavy atom. The first-order valence-corrected chi connectivity index (χ1v) is 14.5. The molecule has 0 bridgehead atoms. The van der Waals surface area contributed by atoms with E-state index in [1.54, 1.807) is 18.2 Å². The Labute approximate surface area is 235 Å². The highest BCUT2D eigenvalue weighted by atomic mass is 32.2. The molecule has 0 unspecified atom stereocenters. The second-order valence-electron chi connectivity index (χ2n) is 9.19. The molecule has 0 atom stereocenters. The summed E-state index contributed by atoms with van der Waals surface area (Å²) >= 11 is 0.796. The molecule has 0 spiro atoms. The van der Waals surface area contributed by atoms with E-state index in [2.05, 4.69) is 5.32 Å². The van der Waals surface area contributed by atoms with Crippen LogP contribution in [0.25, 0.3) is 16.8 Å². The van der Waals surface area contributed by atoms with E-state index >= 15 is 0 Å². The van der Waals surface area contributed by atoms with Crippen molar-refractivity contribution in [1.29, 1.82) is 0 Å². The molecule has 8 nitrogen and oxygen atoms in total.